The molecule has 2 heterocycles. The number of carbonyl (C=O) groups is 2. The van der Waals surface area contributed by atoms with E-state index in [0.717, 1.165) is 25.7 Å². The molecule has 53 heavy (non-hydrogen) atoms. The molecule has 4 rings (SSSR count). The second-order valence-electron chi connectivity index (χ2n) is 19.3. The van der Waals surface area contributed by atoms with E-state index in [4.69, 9.17) is 28.4 Å². The Morgan fingerprint density at radius 3 is 1.25 bits per heavy atom. The quantitative estimate of drug-likeness (QED) is 0.178. The van der Waals surface area contributed by atoms with E-state index in [0.29, 0.717) is 39.3 Å². The van der Waals surface area contributed by atoms with Gasteiger partial charge in [0.15, 0.2) is 12.6 Å². The third-order valence-electron chi connectivity index (χ3n) is 10.3. The third kappa shape index (κ3) is 12.6. The monoisotopic (exact) mass is 736 g/mol. The molecule has 296 valence electrons. The van der Waals surface area contributed by atoms with Crippen molar-refractivity contribution in [1.29, 1.82) is 0 Å². The molecule has 2 aliphatic heterocycles. The van der Waals surface area contributed by atoms with Crippen LogP contribution in [0.1, 0.15) is 128 Å². The predicted molar refractivity (Wildman–Crippen MR) is 209 cm³/mol. The Hall–Kier alpha value is -2.78. The fraction of sp³-hybridized carbons (Fsp3) is 0.689. The minimum atomic E-state index is -0.532. The molecular weight excluding hydrogens is 668 g/mol. The third-order valence-corrected chi connectivity index (χ3v) is 10.3. The fourth-order valence-corrected chi connectivity index (χ4v) is 6.83. The number of aryl methyl sites for hydroxylation is 4. The van der Waals surface area contributed by atoms with Gasteiger partial charge in [-0.05, 0) is 72.6 Å². The Kier molecular flexibility index (Phi) is 14.1. The van der Waals surface area contributed by atoms with Gasteiger partial charge >= 0.3 is 11.9 Å². The molecule has 2 fully saturated rings. The summed E-state index contributed by atoms with van der Waals surface area (Å²) in [6.45, 7) is 27.5. The number of benzene rings is 2. The van der Waals surface area contributed by atoms with Crippen LogP contribution in [0.25, 0.3) is 0 Å². The van der Waals surface area contributed by atoms with Crippen molar-refractivity contribution in [2.45, 2.75) is 145 Å². The molecule has 8 heteroatoms. The zero-order valence-corrected chi connectivity index (χ0v) is 34.9. The molecule has 0 N–H and O–H groups in total. The van der Waals surface area contributed by atoms with Crippen molar-refractivity contribution in [3.63, 3.8) is 0 Å². The highest BCUT2D eigenvalue weighted by molar-refractivity contribution is 5.69. The van der Waals surface area contributed by atoms with Gasteiger partial charge in [-0.25, -0.2) is 0 Å². The zero-order valence-electron chi connectivity index (χ0n) is 34.9. The van der Waals surface area contributed by atoms with E-state index in [-0.39, 0.29) is 36.0 Å². The lowest BCUT2D eigenvalue weighted by Crippen LogP contribution is -2.57. The Balaban J connectivity index is 1.14. The van der Waals surface area contributed by atoms with Gasteiger partial charge in [-0.1, -0.05) is 117 Å². The van der Waals surface area contributed by atoms with Crippen LogP contribution in [-0.2, 0) is 61.7 Å². The van der Waals surface area contributed by atoms with Crippen LogP contribution in [0.3, 0.4) is 0 Å². The minimum Gasteiger partial charge on any atom is -0.465 e. The second-order valence-corrected chi connectivity index (χ2v) is 19.3. The SMILES string of the molecule is Cc1cc(CCCC(=O)OCC(C)(C)C2OCC3(CO2)COC(C(C)(C)COC(=O)CCCc2cc(C)cc(C(C)(C)C)c2)OC3)cc(C(C)(C)C)c1. The Bertz CT molecular complexity index is 1410. The van der Waals surface area contributed by atoms with Crippen LogP contribution in [0, 0.1) is 30.1 Å². The summed E-state index contributed by atoms with van der Waals surface area (Å²) in [7, 11) is 0. The van der Waals surface area contributed by atoms with Crippen LogP contribution in [0.4, 0.5) is 0 Å². The summed E-state index contributed by atoms with van der Waals surface area (Å²) in [5, 5.41) is 0. The first-order valence-electron chi connectivity index (χ1n) is 19.6. The van der Waals surface area contributed by atoms with Crippen LogP contribution in [-0.4, -0.2) is 64.2 Å². The molecular formula is C45H68O8. The number of esters is 2. The summed E-state index contributed by atoms with van der Waals surface area (Å²) in [6, 6.07) is 13.4. The smallest absolute Gasteiger partial charge is 0.305 e. The highest BCUT2D eigenvalue weighted by Crippen LogP contribution is 2.39. The van der Waals surface area contributed by atoms with E-state index >= 15 is 0 Å². The molecule has 0 aliphatic carbocycles. The van der Waals surface area contributed by atoms with Crippen molar-refractivity contribution in [3.8, 4) is 0 Å². The van der Waals surface area contributed by atoms with Crippen molar-refractivity contribution in [3.05, 3.63) is 69.8 Å². The van der Waals surface area contributed by atoms with Gasteiger partial charge in [0.1, 0.15) is 13.2 Å². The zero-order chi connectivity index (χ0) is 39.2. The van der Waals surface area contributed by atoms with E-state index in [9.17, 15) is 9.59 Å². The molecule has 0 aromatic heterocycles. The molecule has 0 saturated carbocycles. The summed E-state index contributed by atoms with van der Waals surface area (Å²) in [6.07, 6.45) is 2.82. The second kappa shape index (κ2) is 17.3. The molecule has 0 unspecified atom stereocenters. The van der Waals surface area contributed by atoms with E-state index in [2.05, 4.69) is 91.8 Å². The summed E-state index contributed by atoms with van der Waals surface area (Å²) in [4.78, 5) is 25.4. The van der Waals surface area contributed by atoms with Crippen molar-refractivity contribution in [1.82, 2.24) is 0 Å². The average molecular weight is 737 g/mol. The van der Waals surface area contributed by atoms with Gasteiger partial charge in [-0.3, -0.25) is 9.59 Å². The molecule has 2 aromatic carbocycles. The largest absolute Gasteiger partial charge is 0.465 e. The number of carbonyl (C=O) groups excluding carboxylic acids is 2. The van der Waals surface area contributed by atoms with E-state index in [1.165, 1.54) is 33.4 Å². The summed E-state index contributed by atoms with van der Waals surface area (Å²) < 4.78 is 36.3. The fourth-order valence-electron chi connectivity index (χ4n) is 6.83. The number of hydrogen-bond donors (Lipinski definition) is 0. The lowest BCUT2D eigenvalue weighted by Gasteiger charge is -2.48. The Labute approximate surface area is 320 Å². The van der Waals surface area contributed by atoms with Gasteiger partial charge in [-0.2, -0.15) is 0 Å². The topological polar surface area (TPSA) is 89.5 Å². The Morgan fingerprint density at radius 2 is 0.925 bits per heavy atom. The van der Waals surface area contributed by atoms with Gasteiger partial charge in [0.05, 0.1) is 31.8 Å². The van der Waals surface area contributed by atoms with Crippen LogP contribution in [0.2, 0.25) is 0 Å². The minimum absolute atomic E-state index is 0.0863. The molecule has 2 aromatic rings. The first-order chi connectivity index (χ1) is 24.6. The summed E-state index contributed by atoms with van der Waals surface area (Å²) in [5.74, 6) is -0.418. The van der Waals surface area contributed by atoms with Crippen molar-refractivity contribution >= 4 is 11.9 Å². The van der Waals surface area contributed by atoms with Crippen LogP contribution in [0.15, 0.2) is 36.4 Å². The standard InChI is InChI=1S/C45H68O8/c1-31-19-33(23-35(21-31)41(3,4)5)15-13-17-37(46)48-25-43(9,10)39-50-27-45(28-51-39)29-52-40(53-30-45)44(11,12)26-49-38(47)18-14-16-34-20-32(2)22-36(24-34)42(6,7)8/h19-24,39-40H,13-18,25-30H2,1-12H3. The maximum absolute atomic E-state index is 12.7. The molecule has 1 spiro atoms. The van der Waals surface area contributed by atoms with Gasteiger partial charge in [0, 0.05) is 23.7 Å². The highest BCUT2D eigenvalue weighted by Gasteiger charge is 2.48. The van der Waals surface area contributed by atoms with Gasteiger partial charge < -0.3 is 28.4 Å². The van der Waals surface area contributed by atoms with Crippen molar-refractivity contribution in [2.24, 2.45) is 16.2 Å². The number of hydrogen-bond acceptors (Lipinski definition) is 8. The normalized spacial score (nSPS) is 21.4. The highest BCUT2D eigenvalue weighted by atomic mass is 16.7. The molecule has 2 saturated heterocycles. The molecule has 2 aliphatic rings. The molecule has 8 nitrogen and oxygen atoms in total. The summed E-state index contributed by atoms with van der Waals surface area (Å²) >= 11 is 0. The average Bonchev–Trinajstić information content (AvgIpc) is 3.06. The lowest BCUT2D eigenvalue weighted by atomic mass is 9.84. The van der Waals surface area contributed by atoms with Gasteiger partial charge in [0.2, 0.25) is 0 Å². The van der Waals surface area contributed by atoms with E-state index in [1.807, 2.05) is 27.7 Å². The lowest BCUT2D eigenvalue weighted by molar-refractivity contribution is -0.337. The van der Waals surface area contributed by atoms with E-state index < -0.39 is 28.8 Å². The van der Waals surface area contributed by atoms with Crippen molar-refractivity contribution in [2.75, 3.05) is 39.6 Å². The van der Waals surface area contributed by atoms with Gasteiger partial charge in [-0.15, -0.1) is 0 Å². The molecule has 0 bridgehead atoms. The molecule has 0 radical (unpaired) electrons. The van der Waals surface area contributed by atoms with Gasteiger partial charge in [0.25, 0.3) is 0 Å². The number of ether oxygens (including phenoxy) is 6. The van der Waals surface area contributed by atoms with E-state index in [1.54, 1.807) is 0 Å². The van der Waals surface area contributed by atoms with Crippen LogP contribution in [0.5, 0.6) is 0 Å². The Morgan fingerprint density at radius 1 is 0.585 bits per heavy atom. The van der Waals surface area contributed by atoms with Crippen LogP contribution < -0.4 is 0 Å². The maximum atomic E-state index is 12.7. The van der Waals surface area contributed by atoms with Crippen molar-refractivity contribution < 1.29 is 38.0 Å². The van der Waals surface area contributed by atoms with Crippen LogP contribution >= 0.6 is 0 Å². The first kappa shape index (κ1) is 43.0. The number of rotatable bonds is 14. The summed E-state index contributed by atoms with van der Waals surface area (Å²) in [5.41, 5.74) is 6.30. The first-order valence-corrected chi connectivity index (χ1v) is 19.6. The maximum Gasteiger partial charge on any atom is 0.305 e. The molecule has 0 amide bonds. The predicted octanol–water partition coefficient (Wildman–Crippen LogP) is 9.12. The molecule has 0 atom stereocenters.